The van der Waals surface area contributed by atoms with Gasteiger partial charge in [0.25, 0.3) is 5.91 Å². The second-order valence-corrected chi connectivity index (χ2v) is 6.81. The Balaban J connectivity index is 1.69. The monoisotopic (exact) mass is 377 g/mol. The van der Waals surface area contributed by atoms with Crippen LogP contribution < -0.4 is 14.2 Å². The molecule has 0 aliphatic carbocycles. The summed E-state index contributed by atoms with van der Waals surface area (Å²) in [6.07, 6.45) is 0.787. The van der Waals surface area contributed by atoms with Crippen molar-refractivity contribution in [1.82, 2.24) is 4.90 Å². The molecular formula is C23H23NO4. The van der Waals surface area contributed by atoms with E-state index in [1.165, 1.54) is 5.56 Å². The van der Waals surface area contributed by atoms with Crippen molar-refractivity contribution in [3.8, 4) is 17.2 Å². The van der Waals surface area contributed by atoms with Crippen LogP contribution in [0.3, 0.4) is 0 Å². The third-order valence-corrected chi connectivity index (χ3v) is 5.34. The number of benzene rings is 3. The van der Waals surface area contributed by atoms with E-state index in [1.807, 2.05) is 53.4 Å². The van der Waals surface area contributed by atoms with Gasteiger partial charge in [0.1, 0.15) is 5.75 Å². The van der Waals surface area contributed by atoms with Crippen LogP contribution in [0.15, 0.2) is 48.5 Å². The lowest BCUT2D eigenvalue weighted by molar-refractivity contribution is 0.0736. The Labute approximate surface area is 164 Å². The zero-order valence-corrected chi connectivity index (χ0v) is 16.3. The predicted octanol–water partition coefficient (Wildman–Crippen LogP) is 4.06. The smallest absolute Gasteiger partial charge is 0.254 e. The Morgan fingerprint density at radius 1 is 0.821 bits per heavy atom. The molecule has 0 N–H and O–H groups in total. The van der Waals surface area contributed by atoms with Crippen molar-refractivity contribution < 1.29 is 19.0 Å². The van der Waals surface area contributed by atoms with E-state index in [4.69, 9.17) is 14.2 Å². The fourth-order valence-corrected chi connectivity index (χ4v) is 3.86. The standard InChI is InChI=1S/C23H23NO4/c1-26-20-9-8-19(17-6-4-5-7-18(17)20)23(25)24-11-10-15-12-21(27-2)22(28-3)13-16(15)14-24/h4-9,12-13H,10-11,14H2,1-3H3. The molecule has 3 aromatic rings. The SMILES string of the molecule is COc1cc2c(cc1OC)CN(C(=O)c1ccc(OC)c3ccccc13)CC2. The first-order valence-corrected chi connectivity index (χ1v) is 9.25. The normalized spacial score (nSPS) is 13.2. The van der Waals surface area contributed by atoms with E-state index >= 15 is 0 Å². The van der Waals surface area contributed by atoms with E-state index in [0.717, 1.165) is 34.3 Å². The number of fused-ring (bicyclic) bond motifs is 2. The van der Waals surface area contributed by atoms with E-state index in [9.17, 15) is 4.79 Å². The molecule has 4 rings (SSSR count). The first kappa shape index (κ1) is 18.2. The topological polar surface area (TPSA) is 48.0 Å². The van der Waals surface area contributed by atoms with E-state index in [0.29, 0.717) is 24.4 Å². The van der Waals surface area contributed by atoms with Crippen molar-refractivity contribution in [1.29, 1.82) is 0 Å². The van der Waals surface area contributed by atoms with Gasteiger partial charge in [-0.05, 0) is 47.2 Å². The summed E-state index contributed by atoms with van der Waals surface area (Å²) in [4.78, 5) is 15.2. The summed E-state index contributed by atoms with van der Waals surface area (Å²) < 4.78 is 16.3. The van der Waals surface area contributed by atoms with Gasteiger partial charge in [-0.3, -0.25) is 4.79 Å². The van der Waals surface area contributed by atoms with Crippen molar-refractivity contribution in [3.05, 3.63) is 65.2 Å². The average Bonchev–Trinajstić information content (AvgIpc) is 2.76. The van der Waals surface area contributed by atoms with Crippen molar-refractivity contribution in [2.45, 2.75) is 13.0 Å². The molecule has 1 amide bonds. The van der Waals surface area contributed by atoms with Gasteiger partial charge in [-0.2, -0.15) is 0 Å². The molecule has 3 aromatic carbocycles. The summed E-state index contributed by atoms with van der Waals surface area (Å²) in [6, 6.07) is 15.6. The molecule has 1 aliphatic rings. The number of amides is 1. The molecule has 0 bridgehead atoms. The van der Waals surface area contributed by atoms with Crippen molar-refractivity contribution in [3.63, 3.8) is 0 Å². The Morgan fingerprint density at radius 2 is 1.46 bits per heavy atom. The number of ether oxygens (including phenoxy) is 3. The van der Waals surface area contributed by atoms with Crippen molar-refractivity contribution in [2.24, 2.45) is 0 Å². The molecule has 0 saturated heterocycles. The summed E-state index contributed by atoms with van der Waals surface area (Å²) in [5.41, 5.74) is 2.98. The van der Waals surface area contributed by atoms with Gasteiger partial charge in [-0.15, -0.1) is 0 Å². The molecule has 0 aromatic heterocycles. The highest BCUT2D eigenvalue weighted by Gasteiger charge is 2.25. The van der Waals surface area contributed by atoms with Gasteiger partial charge < -0.3 is 19.1 Å². The number of hydrogen-bond donors (Lipinski definition) is 0. The minimum absolute atomic E-state index is 0.0271. The molecule has 5 heteroatoms. The summed E-state index contributed by atoms with van der Waals surface area (Å²) in [5, 5.41) is 1.85. The number of rotatable bonds is 4. The Morgan fingerprint density at radius 3 is 2.14 bits per heavy atom. The number of nitrogens with zero attached hydrogens (tertiary/aromatic N) is 1. The third kappa shape index (κ3) is 3.03. The molecule has 0 spiro atoms. The first-order valence-electron chi connectivity index (χ1n) is 9.25. The van der Waals surface area contributed by atoms with Gasteiger partial charge in [0.05, 0.1) is 21.3 Å². The molecule has 28 heavy (non-hydrogen) atoms. The Bertz CT molecular complexity index is 1040. The highest BCUT2D eigenvalue weighted by Crippen LogP contribution is 2.34. The van der Waals surface area contributed by atoms with Crippen LogP contribution in [0, 0.1) is 0 Å². The summed E-state index contributed by atoms with van der Waals surface area (Å²) in [5.74, 6) is 2.21. The maximum Gasteiger partial charge on any atom is 0.254 e. The molecule has 0 fully saturated rings. The average molecular weight is 377 g/mol. The van der Waals surface area contributed by atoms with E-state index in [1.54, 1.807) is 21.3 Å². The van der Waals surface area contributed by atoms with Crippen LogP contribution in [0.2, 0.25) is 0 Å². The summed E-state index contributed by atoms with van der Waals surface area (Å²) in [6.45, 7) is 1.22. The lowest BCUT2D eigenvalue weighted by Gasteiger charge is -2.30. The third-order valence-electron chi connectivity index (χ3n) is 5.34. The zero-order valence-electron chi connectivity index (χ0n) is 16.3. The Hall–Kier alpha value is -3.21. The maximum absolute atomic E-state index is 13.3. The molecule has 0 saturated carbocycles. The van der Waals surface area contributed by atoms with Crippen LogP contribution in [-0.4, -0.2) is 38.7 Å². The largest absolute Gasteiger partial charge is 0.496 e. The van der Waals surface area contributed by atoms with Crippen LogP contribution in [0.5, 0.6) is 17.2 Å². The minimum Gasteiger partial charge on any atom is -0.496 e. The van der Waals surface area contributed by atoms with Gasteiger partial charge in [0.2, 0.25) is 0 Å². The highest BCUT2D eigenvalue weighted by atomic mass is 16.5. The molecule has 1 heterocycles. The van der Waals surface area contributed by atoms with Crippen LogP contribution in [-0.2, 0) is 13.0 Å². The number of methoxy groups -OCH3 is 3. The lowest BCUT2D eigenvalue weighted by Crippen LogP contribution is -2.36. The molecule has 5 nitrogen and oxygen atoms in total. The number of carbonyl (C=O) groups is 1. The van der Waals surface area contributed by atoms with E-state index in [2.05, 4.69) is 0 Å². The van der Waals surface area contributed by atoms with Crippen LogP contribution in [0.1, 0.15) is 21.5 Å². The quantitative estimate of drug-likeness (QED) is 0.688. The number of carbonyl (C=O) groups excluding carboxylic acids is 1. The molecule has 1 aliphatic heterocycles. The molecule has 0 atom stereocenters. The van der Waals surface area contributed by atoms with Crippen LogP contribution >= 0.6 is 0 Å². The molecule has 0 radical (unpaired) electrons. The highest BCUT2D eigenvalue weighted by molar-refractivity contribution is 6.08. The van der Waals surface area contributed by atoms with Gasteiger partial charge in [-0.1, -0.05) is 24.3 Å². The van der Waals surface area contributed by atoms with E-state index < -0.39 is 0 Å². The molecule has 144 valence electrons. The lowest BCUT2D eigenvalue weighted by atomic mass is 9.97. The van der Waals surface area contributed by atoms with Crippen LogP contribution in [0.25, 0.3) is 10.8 Å². The minimum atomic E-state index is 0.0271. The number of hydrogen-bond acceptors (Lipinski definition) is 4. The second kappa shape index (κ2) is 7.43. The molecular weight excluding hydrogens is 354 g/mol. The van der Waals surface area contributed by atoms with Gasteiger partial charge in [0.15, 0.2) is 11.5 Å². The second-order valence-electron chi connectivity index (χ2n) is 6.81. The predicted molar refractivity (Wildman–Crippen MR) is 108 cm³/mol. The van der Waals surface area contributed by atoms with Crippen molar-refractivity contribution >= 4 is 16.7 Å². The van der Waals surface area contributed by atoms with Crippen molar-refractivity contribution in [2.75, 3.05) is 27.9 Å². The van der Waals surface area contributed by atoms with Gasteiger partial charge in [0, 0.05) is 24.0 Å². The Kier molecular flexibility index (Phi) is 4.82. The zero-order chi connectivity index (χ0) is 19.7. The van der Waals surface area contributed by atoms with E-state index in [-0.39, 0.29) is 5.91 Å². The molecule has 0 unspecified atom stereocenters. The summed E-state index contributed by atoms with van der Waals surface area (Å²) in [7, 11) is 4.91. The van der Waals surface area contributed by atoms with Gasteiger partial charge in [-0.25, -0.2) is 0 Å². The van der Waals surface area contributed by atoms with Gasteiger partial charge >= 0.3 is 0 Å². The fraction of sp³-hybridized carbons (Fsp3) is 0.261. The maximum atomic E-state index is 13.3. The van der Waals surface area contributed by atoms with Crippen LogP contribution in [0.4, 0.5) is 0 Å². The summed E-state index contributed by atoms with van der Waals surface area (Å²) >= 11 is 0. The first-order chi connectivity index (χ1) is 13.7. The fourth-order valence-electron chi connectivity index (χ4n) is 3.86.